The van der Waals surface area contributed by atoms with E-state index in [2.05, 4.69) is 42.3 Å². The Bertz CT molecular complexity index is 450. The minimum atomic E-state index is 0.547. The fourth-order valence-electron chi connectivity index (χ4n) is 1.81. The zero-order valence-electron chi connectivity index (χ0n) is 9.86. The van der Waals surface area contributed by atoms with Gasteiger partial charge >= 0.3 is 0 Å². The van der Waals surface area contributed by atoms with Gasteiger partial charge in [0, 0.05) is 11.7 Å². The Morgan fingerprint density at radius 2 is 2.31 bits per heavy atom. The number of hydrogen-bond donors (Lipinski definition) is 1. The zero-order valence-corrected chi connectivity index (χ0v) is 10.7. The fourth-order valence-corrected chi connectivity index (χ4v) is 2.53. The zero-order chi connectivity index (χ0) is 11.4. The molecule has 0 bridgehead atoms. The Morgan fingerprint density at radius 3 is 3.12 bits per heavy atom. The van der Waals surface area contributed by atoms with Crippen molar-refractivity contribution in [3.63, 3.8) is 0 Å². The largest absolute Gasteiger partial charge is 0.383 e. The van der Waals surface area contributed by atoms with Crippen LogP contribution < -0.4 is 5.32 Å². The second kappa shape index (κ2) is 5.30. The number of nitrogens with zero attached hydrogens (tertiary/aromatic N) is 1. The summed E-state index contributed by atoms with van der Waals surface area (Å²) < 4.78 is 1.26. The minimum Gasteiger partial charge on any atom is -0.383 e. The van der Waals surface area contributed by atoms with E-state index in [9.17, 15) is 0 Å². The van der Waals surface area contributed by atoms with Gasteiger partial charge in [-0.3, -0.25) is 0 Å². The third-order valence-electron chi connectivity index (χ3n) is 2.74. The highest BCUT2D eigenvalue weighted by atomic mass is 32.1. The monoisotopic (exact) mass is 234 g/mol. The molecule has 0 aliphatic rings. The Kier molecular flexibility index (Phi) is 3.78. The topological polar surface area (TPSA) is 24.9 Å². The Balaban J connectivity index is 2.03. The normalized spacial score (nSPS) is 12.9. The summed E-state index contributed by atoms with van der Waals surface area (Å²) in [5, 5.41) is 3.54. The van der Waals surface area contributed by atoms with Crippen molar-refractivity contribution < 1.29 is 0 Å². The first-order valence-corrected chi connectivity index (χ1v) is 6.77. The molecular formula is C13H18N2S. The molecule has 1 atom stereocenters. The number of aromatic nitrogens is 1. The number of thiazole rings is 1. The van der Waals surface area contributed by atoms with Crippen LogP contribution in [0.4, 0.5) is 5.69 Å². The van der Waals surface area contributed by atoms with Crippen LogP contribution in [0.25, 0.3) is 10.2 Å². The second-order valence-electron chi connectivity index (χ2n) is 4.22. The summed E-state index contributed by atoms with van der Waals surface area (Å²) in [6.45, 7) is 4.47. The van der Waals surface area contributed by atoms with E-state index in [0.29, 0.717) is 6.04 Å². The Labute approximate surface area is 101 Å². The first-order chi connectivity index (χ1) is 7.79. The van der Waals surface area contributed by atoms with E-state index in [-0.39, 0.29) is 0 Å². The molecule has 3 heteroatoms. The van der Waals surface area contributed by atoms with Crippen molar-refractivity contribution >= 4 is 27.2 Å². The lowest BCUT2D eigenvalue weighted by molar-refractivity contribution is 0.645. The van der Waals surface area contributed by atoms with Gasteiger partial charge in [-0.25, -0.2) is 4.98 Å². The van der Waals surface area contributed by atoms with Crippen LogP contribution in [-0.4, -0.2) is 11.0 Å². The molecule has 2 aromatic rings. The van der Waals surface area contributed by atoms with Gasteiger partial charge in [0.2, 0.25) is 0 Å². The molecular weight excluding hydrogens is 216 g/mol. The Hall–Kier alpha value is -1.09. The average Bonchev–Trinajstić information content (AvgIpc) is 2.73. The van der Waals surface area contributed by atoms with Crippen LogP contribution in [0.5, 0.6) is 0 Å². The molecule has 0 saturated heterocycles. The van der Waals surface area contributed by atoms with Gasteiger partial charge in [0.25, 0.3) is 0 Å². The van der Waals surface area contributed by atoms with Gasteiger partial charge in [-0.2, -0.15) is 0 Å². The van der Waals surface area contributed by atoms with Crippen molar-refractivity contribution in [1.29, 1.82) is 0 Å². The summed E-state index contributed by atoms with van der Waals surface area (Å²) in [4.78, 5) is 4.28. The van der Waals surface area contributed by atoms with Crippen molar-refractivity contribution in [2.24, 2.45) is 0 Å². The molecule has 0 amide bonds. The predicted molar refractivity (Wildman–Crippen MR) is 72.2 cm³/mol. The molecule has 1 aromatic heterocycles. The van der Waals surface area contributed by atoms with Crippen LogP contribution in [0.2, 0.25) is 0 Å². The molecule has 1 N–H and O–H groups in total. The van der Waals surface area contributed by atoms with Gasteiger partial charge in [-0.05, 0) is 31.5 Å². The maximum Gasteiger partial charge on any atom is 0.0813 e. The van der Waals surface area contributed by atoms with Gasteiger partial charge in [-0.1, -0.05) is 19.8 Å². The van der Waals surface area contributed by atoms with Gasteiger partial charge < -0.3 is 5.32 Å². The smallest absolute Gasteiger partial charge is 0.0813 e. The molecule has 1 unspecified atom stereocenters. The summed E-state index contributed by atoms with van der Waals surface area (Å²) in [6.07, 6.45) is 3.79. The quantitative estimate of drug-likeness (QED) is 0.835. The lowest BCUT2D eigenvalue weighted by Crippen LogP contribution is -2.14. The van der Waals surface area contributed by atoms with E-state index >= 15 is 0 Å². The molecule has 0 aliphatic heterocycles. The average molecular weight is 234 g/mol. The standard InChI is InChI=1S/C13H18N2S/c1-3-4-5-10(2)15-11-6-7-12-13(8-11)16-9-14-12/h6-10,15H,3-5H2,1-2H3. The van der Waals surface area contributed by atoms with Crippen LogP contribution in [0, 0.1) is 0 Å². The molecule has 0 saturated carbocycles. The number of rotatable bonds is 5. The number of fused-ring (bicyclic) bond motifs is 1. The van der Waals surface area contributed by atoms with E-state index < -0.39 is 0 Å². The molecule has 1 aromatic carbocycles. The molecule has 86 valence electrons. The SMILES string of the molecule is CCCCC(C)Nc1ccc2ncsc2c1. The van der Waals surface area contributed by atoms with E-state index in [4.69, 9.17) is 0 Å². The molecule has 0 spiro atoms. The molecule has 16 heavy (non-hydrogen) atoms. The lowest BCUT2D eigenvalue weighted by atomic mass is 10.1. The second-order valence-corrected chi connectivity index (χ2v) is 5.11. The van der Waals surface area contributed by atoms with Crippen molar-refractivity contribution in [2.75, 3.05) is 5.32 Å². The van der Waals surface area contributed by atoms with E-state index in [1.165, 1.54) is 29.6 Å². The highest BCUT2D eigenvalue weighted by molar-refractivity contribution is 7.16. The van der Waals surface area contributed by atoms with Gasteiger partial charge in [0.1, 0.15) is 0 Å². The van der Waals surface area contributed by atoms with Crippen LogP contribution in [-0.2, 0) is 0 Å². The van der Waals surface area contributed by atoms with E-state index in [0.717, 1.165) is 5.52 Å². The van der Waals surface area contributed by atoms with Crippen molar-refractivity contribution in [2.45, 2.75) is 39.2 Å². The first-order valence-electron chi connectivity index (χ1n) is 5.89. The minimum absolute atomic E-state index is 0.547. The van der Waals surface area contributed by atoms with Crippen molar-refractivity contribution in [1.82, 2.24) is 4.98 Å². The molecule has 0 aliphatic carbocycles. The molecule has 2 nitrogen and oxygen atoms in total. The fraction of sp³-hybridized carbons (Fsp3) is 0.462. The van der Waals surface area contributed by atoms with Crippen LogP contribution in [0.15, 0.2) is 23.7 Å². The molecule has 2 rings (SSSR count). The van der Waals surface area contributed by atoms with E-state index in [1.54, 1.807) is 11.3 Å². The van der Waals surface area contributed by atoms with Crippen LogP contribution >= 0.6 is 11.3 Å². The third kappa shape index (κ3) is 2.73. The highest BCUT2D eigenvalue weighted by Gasteiger charge is 2.03. The Morgan fingerprint density at radius 1 is 1.44 bits per heavy atom. The summed E-state index contributed by atoms with van der Waals surface area (Å²) in [6, 6.07) is 6.94. The van der Waals surface area contributed by atoms with Gasteiger partial charge in [0.15, 0.2) is 0 Å². The third-order valence-corrected chi connectivity index (χ3v) is 3.53. The number of hydrogen-bond acceptors (Lipinski definition) is 3. The van der Waals surface area contributed by atoms with Crippen LogP contribution in [0.3, 0.4) is 0 Å². The van der Waals surface area contributed by atoms with Crippen molar-refractivity contribution in [3.05, 3.63) is 23.7 Å². The van der Waals surface area contributed by atoms with Gasteiger partial charge in [-0.15, -0.1) is 11.3 Å². The molecule has 0 fully saturated rings. The number of anilines is 1. The molecule has 0 radical (unpaired) electrons. The highest BCUT2D eigenvalue weighted by Crippen LogP contribution is 2.22. The van der Waals surface area contributed by atoms with E-state index in [1.807, 2.05) is 5.51 Å². The summed E-state index contributed by atoms with van der Waals surface area (Å²) >= 11 is 1.70. The number of nitrogens with one attached hydrogen (secondary N) is 1. The maximum absolute atomic E-state index is 4.28. The lowest BCUT2D eigenvalue weighted by Gasteiger charge is -2.14. The maximum atomic E-state index is 4.28. The summed E-state index contributed by atoms with van der Waals surface area (Å²) in [5.41, 5.74) is 4.20. The molecule has 1 heterocycles. The van der Waals surface area contributed by atoms with Crippen LogP contribution in [0.1, 0.15) is 33.1 Å². The van der Waals surface area contributed by atoms with Gasteiger partial charge in [0.05, 0.1) is 15.7 Å². The number of benzene rings is 1. The summed E-state index contributed by atoms with van der Waals surface area (Å²) in [7, 11) is 0. The summed E-state index contributed by atoms with van der Waals surface area (Å²) in [5.74, 6) is 0. The predicted octanol–water partition coefficient (Wildman–Crippen LogP) is 4.29. The first kappa shape index (κ1) is 11.4. The van der Waals surface area contributed by atoms with Crippen molar-refractivity contribution in [3.8, 4) is 0 Å². The number of unbranched alkanes of at least 4 members (excludes halogenated alkanes) is 1.